The Labute approximate surface area is 87.9 Å². The molecule has 0 aliphatic heterocycles. The SMILES string of the molecule is Cc1ccccc1C1=CC(=O)C=CC1=O. The molecule has 0 amide bonds. The minimum atomic E-state index is -0.132. The van der Waals surface area contributed by atoms with E-state index in [0.29, 0.717) is 5.57 Å². The summed E-state index contributed by atoms with van der Waals surface area (Å²) in [7, 11) is 0. The lowest BCUT2D eigenvalue weighted by Crippen LogP contribution is -2.07. The third-order valence-corrected chi connectivity index (χ3v) is 2.39. The predicted molar refractivity (Wildman–Crippen MR) is 58.3 cm³/mol. The molecule has 0 N–H and O–H groups in total. The Morgan fingerprint density at radius 1 is 1.00 bits per heavy atom. The topological polar surface area (TPSA) is 34.1 Å². The van der Waals surface area contributed by atoms with E-state index < -0.39 is 0 Å². The minimum absolute atomic E-state index is 0.107. The van der Waals surface area contributed by atoms with Crippen molar-refractivity contribution in [2.24, 2.45) is 0 Å². The van der Waals surface area contributed by atoms with E-state index >= 15 is 0 Å². The zero-order chi connectivity index (χ0) is 10.8. The van der Waals surface area contributed by atoms with Gasteiger partial charge in [-0.1, -0.05) is 24.3 Å². The summed E-state index contributed by atoms with van der Waals surface area (Å²) in [5.74, 6) is -0.239. The van der Waals surface area contributed by atoms with Crippen molar-refractivity contribution < 1.29 is 9.59 Å². The van der Waals surface area contributed by atoms with Crippen LogP contribution in [0.4, 0.5) is 0 Å². The molecule has 1 aliphatic rings. The fraction of sp³-hybridized carbons (Fsp3) is 0.0769. The largest absolute Gasteiger partial charge is 0.290 e. The fourth-order valence-electron chi connectivity index (χ4n) is 1.59. The van der Waals surface area contributed by atoms with Crippen molar-refractivity contribution in [2.75, 3.05) is 0 Å². The summed E-state index contributed by atoms with van der Waals surface area (Å²) in [5.41, 5.74) is 2.32. The van der Waals surface area contributed by atoms with E-state index in [1.165, 1.54) is 18.2 Å². The van der Waals surface area contributed by atoms with Gasteiger partial charge in [-0.25, -0.2) is 0 Å². The lowest BCUT2D eigenvalue weighted by atomic mass is 9.93. The second kappa shape index (κ2) is 3.65. The van der Waals surface area contributed by atoms with Crippen LogP contribution < -0.4 is 0 Å². The maximum absolute atomic E-state index is 11.6. The van der Waals surface area contributed by atoms with Crippen LogP contribution in [0.25, 0.3) is 5.57 Å². The van der Waals surface area contributed by atoms with E-state index in [1.807, 2.05) is 31.2 Å². The Balaban J connectivity index is 2.52. The first-order chi connectivity index (χ1) is 7.18. The Bertz CT molecular complexity index is 493. The summed E-state index contributed by atoms with van der Waals surface area (Å²) in [5, 5.41) is 0. The first kappa shape index (κ1) is 9.59. The van der Waals surface area contributed by atoms with Crippen molar-refractivity contribution in [3.05, 3.63) is 53.6 Å². The molecule has 0 fully saturated rings. The number of carbonyl (C=O) groups excluding carboxylic acids is 2. The Morgan fingerprint density at radius 3 is 2.47 bits per heavy atom. The second-order valence-electron chi connectivity index (χ2n) is 3.47. The van der Waals surface area contributed by atoms with Crippen LogP contribution in [0.15, 0.2) is 42.5 Å². The lowest BCUT2D eigenvalue weighted by molar-refractivity contribution is -0.113. The fourth-order valence-corrected chi connectivity index (χ4v) is 1.59. The number of rotatable bonds is 1. The van der Waals surface area contributed by atoms with Crippen LogP contribution in [0, 0.1) is 6.92 Å². The molecule has 0 heterocycles. The van der Waals surface area contributed by atoms with Gasteiger partial charge in [-0.3, -0.25) is 9.59 Å². The Kier molecular flexibility index (Phi) is 2.34. The van der Waals surface area contributed by atoms with Gasteiger partial charge in [0.25, 0.3) is 0 Å². The normalized spacial score (nSPS) is 15.4. The van der Waals surface area contributed by atoms with Gasteiger partial charge in [-0.15, -0.1) is 0 Å². The van der Waals surface area contributed by atoms with Crippen molar-refractivity contribution in [3.63, 3.8) is 0 Å². The van der Waals surface area contributed by atoms with Gasteiger partial charge in [-0.2, -0.15) is 0 Å². The van der Waals surface area contributed by atoms with Gasteiger partial charge in [0.2, 0.25) is 0 Å². The number of hydrogen-bond donors (Lipinski definition) is 0. The molecule has 1 aliphatic carbocycles. The molecule has 1 aromatic carbocycles. The minimum Gasteiger partial charge on any atom is -0.290 e. The molecule has 2 heteroatoms. The van der Waals surface area contributed by atoms with Crippen molar-refractivity contribution in [1.82, 2.24) is 0 Å². The smallest absolute Gasteiger partial charge is 0.186 e. The molecule has 0 unspecified atom stereocenters. The van der Waals surface area contributed by atoms with E-state index in [0.717, 1.165) is 11.1 Å². The number of carbonyl (C=O) groups is 2. The molecule has 2 nitrogen and oxygen atoms in total. The van der Waals surface area contributed by atoms with Crippen LogP contribution in [0.5, 0.6) is 0 Å². The Hall–Kier alpha value is -1.96. The van der Waals surface area contributed by atoms with E-state index in [2.05, 4.69) is 0 Å². The van der Waals surface area contributed by atoms with E-state index in [9.17, 15) is 9.59 Å². The molecule has 0 aromatic heterocycles. The van der Waals surface area contributed by atoms with Crippen LogP contribution in [-0.2, 0) is 9.59 Å². The maximum Gasteiger partial charge on any atom is 0.186 e. The summed E-state index contributed by atoms with van der Waals surface area (Å²) >= 11 is 0. The van der Waals surface area contributed by atoms with Gasteiger partial charge in [-0.05, 0) is 36.3 Å². The number of allylic oxidation sites excluding steroid dienone is 4. The van der Waals surface area contributed by atoms with Crippen molar-refractivity contribution >= 4 is 17.1 Å². The molecule has 2 rings (SSSR count). The average molecular weight is 198 g/mol. The first-order valence-electron chi connectivity index (χ1n) is 4.72. The molecule has 1 aromatic rings. The third kappa shape index (κ3) is 1.79. The van der Waals surface area contributed by atoms with Gasteiger partial charge in [0.05, 0.1) is 0 Å². The number of ketones is 2. The molecule has 0 atom stereocenters. The van der Waals surface area contributed by atoms with Gasteiger partial charge in [0.1, 0.15) is 0 Å². The summed E-state index contributed by atoms with van der Waals surface area (Å²) < 4.78 is 0. The number of hydrogen-bond acceptors (Lipinski definition) is 2. The number of benzene rings is 1. The zero-order valence-corrected chi connectivity index (χ0v) is 8.36. The molecule has 15 heavy (non-hydrogen) atoms. The standard InChI is InChI=1S/C13H10O2/c1-9-4-2-3-5-11(9)12-8-10(14)6-7-13(12)15/h2-8H,1H3. The van der Waals surface area contributed by atoms with Gasteiger partial charge < -0.3 is 0 Å². The quantitative estimate of drug-likeness (QED) is 0.647. The second-order valence-corrected chi connectivity index (χ2v) is 3.47. The average Bonchev–Trinajstić information content (AvgIpc) is 2.23. The van der Waals surface area contributed by atoms with Gasteiger partial charge in [0.15, 0.2) is 11.6 Å². The highest BCUT2D eigenvalue weighted by Crippen LogP contribution is 2.22. The van der Waals surface area contributed by atoms with Gasteiger partial charge in [0, 0.05) is 5.57 Å². The zero-order valence-electron chi connectivity index (χ0n) is 8.36. The van der Waals surface area contributed by atoms with E-state index in [4.69, 9.17) is 0 Å². The molecule has 0 radical (unpaired) electrons. The third-order valence-electron chi connectivity index (χ3n) is 2.39. The van der Waals surface area contributed by atoms with Crippen molar-refractivity contribution in [3.8, 4) is 0 Å². The number of aryl methyl sites for hydroxylation is 1. The lowest BCUT2D eigenvalue weighted by Gasteiger charge is -2.09. The van der Waals surface area contributed by atoms with E-state index in [-0.39, 0.29) is 11.6 Å². The van der Waals surface area contributed by atoms with Crippen LogP contribution in [0.3, 0.4) is 0 Å². The van der Waals surface area contributed by atoms with Crippen LogP contribution in [0.1, 0.15) is 11.1 Å². The van der Waals surface area contributed by atoms with Gasteiger partial charge >= 0.3 is 0 Å². The monoisotopic (exact) mass is 198 g/mol. The van der Waals surface area contributed by atoms with Crippen LogP contribution >= 0.6 is 0 Å². The molecule has 0 saturated heterocycles. The summed E-state index contributed by atoms with van der Waals surface area (Å²) in [6.07, 6.45) is 4.01. The maximum atomic E-state index is 11.6. The predicted octanol–water partition coefficient (Wildman–Crippen LogP) is 2.09. The van der Waals surface area contributed by atoms with Crippen molar-refractivity contribution in [2.45, 2.75) is 6.92 Å². The molecule has 0 bridgehead atoms. The van der Waals surface area contributed by atoms with Crippen LogP contribution in [0.2, 0.25) is 0 Å². The molecule has 74 valence electrons. The highest BCUT2D eigenvalue weighted by molar-refractivity contribution is 6.34. The summed E-state index contributed by atoms with van der Waals surface area (Å²) in [6.45, 7) is 1.92. The molecular weight excluding hydrogens is 188 g/mol. The first-order valence-corrected chi connectivity index (χ1v) is 4.72. The highest BCUT2D eigenvalue weighted by atomic mass is 16.1. The molecular formula is C13H10O2. The van der Waals surface area contributed by atoms with Crippen LogP contribution in [-0.4, -0.2) is 11.6 Å². The van der Waals surface area contributed by atoms with E-state index in [1.54, 1.807) is 0 Å². The Morgan fingerprint density at radius 2 is 1.73 bits per heavy atom. The highest BCUT2D eigenvalue weighted by Gasteiger charge is 2.15. The molecule has 0 spiro atoms. The van der Waals surface area contributed by atoms with Crippen molar-refractivity contribution in [1.29, 1.82) is 0 Å². The summed E-state index contributed by atoms with van der Waals surface area (Å²) in [4.78, 5) is 22.8. The molecule has 0 saturated carbocycles. The summed E-state index contributed by atoms with van der Waals surface area (Å²) in [6, 6.07) is 7.54.